The summed E-state index contributed by atoms with van der Waals surface area (Å²) in [5.41, 5.74) is 8.81. The SMILES string of the molecule is CCCCCCC(C)n1nnnc1-c1cccc(N)c1C. The molecule has 0 amide bonds. The fraction of sp³-hybridized carbons (Fsp3) is 0.562. The second-order valence-corrected chi connectivity index (χ2v) is 5.67. The molecule has 1 heterocycles. The van der Waals surface area contributed by atoms with Crippen LogP contribution in [0.2, 0.25) is 0 Å². The number of hydrogen-bond donors (Lipinski definition) is 1. The third-order valence-electron chi connectivity index (χ3n) is 4.00. The topological polar surface area (TPSA) is 69.6 Å². The summed E-state index contributed by atoms with van der Waals surface area (Å²) < 4.78 is 1.92. The minimum absolute atomic E-state index is 0.299. The summed E-state index contributed by atoms with van der Waals surface area (Å²) in [6, 6.07) is 6.18. The van der Waals surface area contributed by atoms with Gasteiger partial charge in [0.15, 0.2) is 5.82 Å². The molecule has 1 atom stereocenters. The lowest BCUT2D eigenvalue weighted by atomic mass is 10.1. The van der Waals surface area contributed by atoms with Crippen molar-refractivity contribution in [1.82, 2.24) is 20.2 Å². The van der Waals surface area contributed by atoms with E-state index >= 15 is 0 Å². The van der Waals surface area contributed by atoms with Crippen LogP contribution in [-0.2, 0) is 0 Å². The zero-order valence-corrected chi connectivity index (χ0v) is 13.2. The lowest BCUT2D eigenvalue weighted by molar-refractivity contribution is 0.430. The maximum absolute atomic E-state index is 5.99. The van der Waals surface area contributed by atoms with E-state index in [2.05, 4.69) is 29.4 Å². The van der Waals surface area contributed by atoms with Crippen LogP contribution in [0.1, 0.15) is 57.6 Å². The molecule has 114 valence electrons. The zero-order chi connectivity index (χ0) is 15.2. The molecule has 0 aliphatic carbocycles. The Kier molecular flexibility index (Phi) is 5.31. The lowest BCUT2D eigenvalue weighted by Crippen LogP contribution is -2.10. The molecule has 0 aliphatic rings. The Hall–Kier alpha value is -1.91. The van der Waals surface area contributed by atoms with Crippen LogP contribution < -0.4 is 5.73 Å². The third-order valence-corrected chi connectivity index (χ3v) is 4.00. The molecular weight excluding hydrogens is 262 g/mol. The van der Waals surface area contributed by atoms with Crippen LogP contribution in [0, 0.1) is 6.92 Å². The van der Waals surface area contributed by atoms with Crippen LogP contribution in [-0.4, -0.2) is 20.2 Å². The second kappa shape index (κ2) is 7.20. The van der Waals surface area contributed by atoms with E-state index in [1.807, 2.05) is 29.8 Å². The molecule has 0 radical (unpaired) electrons. The highest BCUT2D eigenvalue weighted by atomic mass is 15.5. The minimum Gasteiger partial charge on any atom is -0.398 e. The van der Waals surface area contributed by atoms with E-state index < -0.39 is 0 Å². The van der Waals surface area contributed by atoms with Gasteiger partial charge in [-0.3, -0.25) is 0 Å². The average molecular weight is 287 g/mol. The van der Waals surface area contributed by atoms with Crippen LogP contribution >= 0.6 is 0 Å². The number of hydrogen-bond acceptors (Lipinski definition) is 4. The van der Waals surface area contributed by atoms with Crippen LogP contribution in [0.4, 0.5) is 5.69 Å². The first-order chi connectivity index (χ1) is 10.1. The van der Waals surface area contributed by atoms with Crippen LogP contribution in [0.25, 0.3) is 11.4 Å². The van der Waals surface area contributed by atoms with Crippen molar-refractivity contribution in [3.63, 3.8) is 0 Å². The summed E-state index contributed by atoms with van der Waals surface area (Å²) in [4.78, 5) is 0. The predicted molar refractivity (Wildman–Crippen MR) is 85.9 cm³/mol. The first kappa shape index (κ1) is 15.5. The highest BCUT2D eigenvalue weighted by molar-refractivity contribution is 5.67. The summed E-state index contributed by atoms with van der Waals surface area (Å²) >= 11 is 0. The van der Waals surface area contributed by atoms with E-state index in [9.17, 15) is 0 Å². The van der Waals surface area contributed by atoms with Crippen molar-refractivity contribution in [3.8, 4) is 11.4 Å². The quantitative estimate of drug-likeness (QED) is 0.621. The molecule has 0 aliphatic heterocycles. The van der Waals surface area contributed by atoms with Crippen molar-refractivity contribution in [2.45, 2.75) is 58.9 Å². The van der Waals surface area contributed by atoms with Crippen molar-refractivity contribution in [2.24, 2.45) is 0 Å². The molecular formula is C16H25N5. The van der Waals surface area contributed by atoms with Crippen molar-refractivity contribution >= 4 is 5.69 Å². The maximum Gasteiger partial charge on any atom is 0.182 e. The number of nitrogen functional groups attached to an aromatic ring is 1. The molecule has 5 heteroatoms. The molecule has 1 aromatic heterocycles. The van der Waals surface area contributed by atoms with E-state index in [4.69, 9.17) is 5.73 Å². The molecule has 0 spiro atoms. The van der Waals surface area contributed by atoms with E-state index in [1.54, 1.807) is 0 Å². The molecule has 0 bridgehead atoms. The smallest absolute Gasteiger partial charge is 0.182 e. The number of tetrazole rings is 1. The standard InChI is InChI=1S/C16H25N5/c1-4-5-6-7-9-12(2)21-16(18-19-20-21)14-10-8-11-15(17)13(14)3/h8,10-12H,4-7,9,17H2,1-3H3. The summed E-state index contributed by atoms with van der Waals surface area (Å²) in [5, 5.41) is 12.2. The fourth-order valence-electron chi connectivity index (χ4n) is 2.55. The Morgan fingerprint density at radius 3 is 2.81 bits per heavy atom. The molecule has 0 saturated heterocycles. The third kappa shape index (κ3) is 3.60. The maximum atomic E-state index is 5.99. The van der Waals surface area contributed by atoms with Gasteiger partial charge in [-0.1, -0.05) is 44.7 Å². The van der Waals surface area contributed by atoms with Crippen LogP contribution in [0.5, 0.6) is 0 Å². The first-order valence-corrected chi connectivity index (χ1v) is 7.78. The van der Waals surface area contributed by atoms with Crippen molar-refractivity contribution in [3.05, 3.63) is 23.8 Å². The van der Waals surface area contributed by atoms with E-state index in [0.717, 1.165) is 29.1 Å². The molecule has 2 aromatic rings. The molecule has 1 aromatic carbocycles. The summed E-state index contributed by atoms with van der Waals surface area (Å²) in [5.74, 6) is 0.808. The van der Waals surface area contributed by atoms with Gasteiger partial charge in [-0.25, -0.2) is 4.68 Å². The fourth-order valence-corrected chi connectivity index (χ4v) is 2.55. The number of unbranched alkanes of at least 4 members (excludes halogenated alkanes) is 3. The van der Waals surface area contributed by atoms with Gasteiger partial charge in [0.25, 0.3) is 0 Å². The predicted octanol–water partition coefficient (Wildman–Crippen LogP) is 3.76. The summed E-state index contributed by atoms with van der Waals surface area (Å²) in [6.45, 7) is 6.41. The number of benzene rings is 1. The van der Waals surface area contributed by atoms with Crippen molar-refractivity contribution in [1.29, 1.82) is 0 Å². The van der Waals surface area contributed by atoms with Crippen molar-refractivity contribution < 1.29 is 0 Å². The number of rotatable bonds is 7. The number of nitrogens with zero attached hydrogens (tertiary/aromatic N) is 4. The monoisotopic (exact) mass is 287 g/mol. The Bertz CT molecular complexity index is 576. The van der Waals surface area contributed by atoms with Gasteiger partial charge in [0.1, 0.15) is 0 Å². The highest BCUT2D eigenvalue weighted by Crippen LogP contribution is 2.27. The van der Waals surface area contributed by atoms with E-state index in [-0.39, 0.29) is 0 Å². The van der Waals surface area contributed by atoms with E-state index in [1.165, 1.54) is 25.7 Å². The largest absolute Gasteiger partial charge is 0.398 e. The molecule has 5 nitrogen and oxygen atoms in total. The van der Waals surface area contributed by atoms with Gasteiger partial charge < -0.3 is 5.73 Å². The Labute approximate surface area is 126 Å². The Balaban J connectivity index is 2.16. The number of anilines is 1. The van der Waals surface area contributed by atoms with Gasteiger partial charge in [0.2, 0.25) is 0 Å². The molecule has 1 unspecified atom stereocenters. The lowest BCUT2D eigenvalue weighted by Gasteiger charge is -2.14. The molecule has 2 N–H and O–H groups in total. The van der Waals surface area contributed by atoms with Crippen LogP contribution in [0.3, 0.4) is 0 Å². The van der Waals surface area contributed by atoms with Crippen LogP contribution in [0.15, 0.2) is 18.2 Å². The summed E-state index contributed by atoms with van der Waals surface area (Å²) in [7, 11) is 0. The summed E-state index contributed by atoms with van der Waals surface area (Å²) in [6.07, 6.45) is 6.13. The molecule has 21 heavy (non-hydrogen) atoms. The zero-order valence-electron chi connectivity index (χ0n) is 13.2. The van der Waals surface area contributed by atoms with Crippen molar-refractivity contribution in [2.75, 3.05) is 5.73 Å². The Morgan fingerprint density at radius 1 is 1.24 bits per heavy atom. The number of nitrogens with two attached hydrogens (primary N) is 1. The minimum atomic E-state index is 0.299. The van der Waals surface area contributed by atoms with Gasteiger partial charge in [-0.05, 0) is 42.3 Å². The molecule has 2 rings (SSSR count). The number of aromatic nitrogens is 4. The molecule has 0 saturated carbocycles. The van der Waals surface area contributed by atoms with Gasteiger partial charge in [-0.15, -0.1) is 5.10 Å². The molecule has 0 fully saturated rings. The second-order valence-electron chi connectivity index (χ2n) is 5.67. The average Bonchev–Trinajstić information content (AvgIpc) is 2.95. The first-order valence-electron chi connectivity index (χ1n) is 7.78. The van der Waals surface area contributed by atoms with E-state index in [0.29, 0.717) is 6.04 Å². The Morgan fingerprint density at radius 2 is 2.05 bits per heavy atom. The van der Waals surface area contributed by atoms with Gasteiger partial charge in [-0.2, -0.15) is 0 Å². The van der Waals surface area contributed by atoms with Gasteiger partial charge in [0.05, 0.1) is 6.04 Å². The van der Waals surface area contributed by atoms with Gasteiger partial charge in [0, 0.05) is 11.3 Å². The highest BCUT2D eigenvalue weighted by Gasteiger charge is 2.16. The normalized spacial score (nSPS) is 12.5. The van der Waals surface area contributed by atoms with Gasteiger partial charge >= 0.3 is 0 Å².